The number of halogens is 4. The van der Waals surface area contributed by atoms with Crippen molar-refractivity contribution in [2.45, 2.75) is 57.9 Å². The standard InChI is InChI=1S/C33H39F4N7O2SSi/c1-31(2,3)48(5,6)42-47(46,27(18-38)20-39-4)43-14-12-23-16-29-22(19-41-44(29)26-9-7-25(34)8-10-26)17-32(23,21-43)30(45)28-15-24(11-13-40-28)33(35,36)37/h7-11,13,15-16,18-20H,12,14,17,21,38H2,1-6H3/t32-,47?/m0/s1. The highest BCUT2D eigenvalue weighted by atomic mass is 32.2. The molecule has 48 heavy (non-hydrogen) atoms. The van der Waals surface area contributed by atoms with Crippen LogP contribution in [0.4, 0.5) is 17.6 Å². The third-order valence-electron chi connectivity index (χ3n) is 9.47. The quantitative estimate of drug-likeness (QED) is 0.125. The number of allylic oxidation sites excluding steroid dienone is 1. The summed E-state index contributed by atoms with van der Waals surface area (Å²) in [4.78, 5) is 23.1. The molecule has 0 spiro atoms. The van der Waals surface area contributed by atoms with Gasteiger partial charge in [0.15, 0.2) is 14.0 Å². The predicted molar refractivity (Wildman–Crippen MR) is 182 cm³/mol. The fraction of sp³-hybridized carbons (Fsp3) is 0.394. The van der Waals surface area contributed by atoms with E-state index in [-0.39, 0.29) is 41.6 Å². The number of rotatable bonds is 7. The lowest BCUT2D eigenvalue weighted by atomic mass is 9.65. The van der Waals surface area contributed by atoms with Crippen LogP contribution in [0.5, 0.6) is 0 Å². The molecule has 1 unspecified atom stereocenters. The molecule has 1 fully saturated rings. The second-order valence-corrected chi connectivity index (χ2v) is 20.9. The minimum Gasteiger partial charge on any atom is -0.404 e. The molecule has 2 aliphatic rings. The van der Waals surface area contributed by atoms with Gasteiger partial charge in [-0.05, 0) is 79.0 Å². The smallest absolute Gasteiger partial charge is 0.404 e. The van der Waals surface area contributed by atoms with Crippen LogP contribution in [0.25, 0.3) is 11.8 Å². The highest BCUT2D eigenvalue weighted by Crippen LogP contribution is 2.48. The van der Waals surface area contributed by atoms with Gasteiger partial charge in [-0.25, -0.2) is 17.6 Å². The van der Waals surface area contributed by atoms with Crippen LogP contribution in [0.2, 0.25) is 18.1 Å². The molecule has 9 nitrogen and oxygen atoms in total. The molecule has 0 radical (unpaired) electrons. The first kappa shape index (κ1) is 35.4. The number of hydrogen-bond donors (Lipinski definition) is 1. The zero-order chi connectivity index (χ0) is 35.3. The van der Waals surface area contributed by atoms with Crippen LogP contribution in [0, 0.1) is 11.2 Å². The van der Waals surface area contributed by atoms with Crippen molar-refractivity contribution >= 4 is 36.2 Å². The van der Waals surface area contributed by atoms with Crippen molar-refractivity contribution in [3.8, 4) is 5.69 Å². The van der Waals surface area contributed by atoms with Crippen molar-refractivity contribution < 1.29 is 26.6 Å². The van der Waals surface area contributed by atoms with E-state index < -0.39 is 46.9 Å². The first-order chi connectivity index (χ1) is 22.4. The maximum absolute atomic E-state index is 15.4. The largest absolute Gasteiger partial charge is 0.416 e. The van der Waals surface area contributed by atoms with Gasteiger partial charge in [-0.2, -0.15) is 18.3 Å². The zero-order valence-electron chi connectivity index (χ0n) is 27.7. The normalized spacial score (nSPS) is 20.5. The predicted octanol–water partition coefficient (Wildman–Crippen LogP) is 6.83. The molecule has 0 saturated carbocycles. The topological polar surface area (TPSA) is 119 Å². The SMILES string of the molecule is CN=CC(=CN)S(=O)(=N[Si](C)(C)C(C)(C)C)N1CCC2=Cc3c(cnn3-c3ccc(F)cc3)C[C@]2(C(=O)c2cc(C(F)(F)F)ccn2)C1. The first-order valence-corrected chi connectivity index (χ1v) is 19.8. The van der Waals surface area contributed by atoms with Crippen LogP contribution in [0.15, 0.2) is 74.5 Å². The first-order valence-electron chi connectivity index (χ1n) is 15.4. The average molecular weight is 702 g/mol. The molecule has 1 aliphatic heterocycles. The number of carbonyl (C=O) groups is 1. The Balaban J connectivity index is 1.72. The van der Waals surface area contributed by atoms with Gasteiger partial charge in [-0.15, -0.1) is 0 Å². The number of fused-ring (bicyclic) bond motifs is 2. The van der Waals surface area contributed by atoms with E-state index in [9.17, 15) is 22.4 Å². The summed E-state index contributed by atoms with van der Waals surface area (Å²) in [6.45, 7) is 10.2. The van der Waals surface area contributed by atoms with E-state index in [0.717, 1.165) is 18.3 Å². The van der Waals surface area contributed by atoms with E-state index >= 15 is 4.21 Å². The number of aliphatic imine (C=N–C) groups is 1. The van der Waals surface area contributed by atoms with Gasteiger partial charge >= 0.3 is 6.18 Å². The fourth-order valence-corrected chi connectivity index (χ4v) is 11.7. The van der Waals surface area contributed by atoms with Crippen LogP contribution in [-0.4, -0.2) is 63.6 Å². The number of alkyl halides is 3. The van der Waals surface area contributed by atoms with E-state index in [2.05, 4.69) is 15.1 Å². The minimum absolute atomic E-state index is 0.0434. The van der Waals surface area contributed by atoms with Crippen molar-refractivity contribution in [1.29, 1.82) is 0 Å². The summed E-state index contributed by atoms with van der Waals surface area (Å²) in [5.74, 6) is -1.05. The van der Waals surface area contributed by atoms with Gasteiger partial charge in [-0.3, -0.25) is 18.8 Å². The molecule has 1 aromatic carbocycles. The summed E-state index contributed by atoms with van der Waals surface area (Å²) < 4.78 is 78.8. The van der Waals surface area contributed by atoms with Crippen LogP contribution < -0.4 is 5.73 Å². The Morgan fingerprint density at radius 1 is 1.15 bits per heavy atom. The molecule has 2 N–H and O–H groups in total. The molecule has 0 bridgehead atoms. The number of nitrogens with two attached hydrogens (primary N) is 1. The summed E-state index contributed by atoms with van der Waals surface area (Å²) >= 11 is 0. The maximum atomic E-state index is 15.4. The number of ketones is 1. The number of Topliss-reactive ketones (excluding diaryl/α,β-unsaturated/α-hetero) is 1. The summed E-state index contributed by atoms with van der Waals surface area (Å²) in [6.07, 6.45) is 2.58. The van der Waals surface area contributed by atoms with Crippen LogP contribution in [-0.2, 0) is 22.5 Å². The second kappa shape index (κ2) is 12.5. The Morgan fingerprint density at radius 2 is 1.83 bits per heavy atom. The second-order valence-electron chi connectivity index (χ2n) is 13.6. The molecule has 3 aromatic rings. The molecular formula is C33H39F4N7O2SSi. The molecule has 5 rings (SSSR count). The van der Waals surface area contributed by atoms with Crippen LogP contribution in [0.1, 0.15) is 54.5 Å². The monoisotopic (exact) mass is 701 g/mol. The van der Waals surface area contributed by atoms with Gasteiger partial charge in [0.05, 0.1) is 33.5 Å². The summed E-state index contributed by atoms with van der Waals surface area (Å²) in [5.41, 5.74) is 5.77. The Hall–Kier alpha value is -3.95. The molecule has 1 aliphatic carbocycles. The van der Waals surface area contributed by atoms with Crippen molar-refractivity contribution in [1.82, 2.24) is 19.1 Å². The van der Waals surface area contributed by atoms with Crippen molar-refractivity contribution in [3.63, 3.8) is 0 Å². The number of nitrogens with zero attached hydrogens (tertiary/aromatic N) is 6. The number of aromatic nitrogens is 3. The number of hydrogen-bond acceptors (Lipinski definition) is 7. The highest BCUT2D eigenvalue weighted by Gasteiger charge is 2.52. The van der Waals surface area contributed by atoms with Gasteiger partial charge < -0.3 is 5.73 Å². The third kappa shape index (κ3) is 6.30. The summed E-state index contributed by atoms with van der Waals surface area (Å²) in [5, 5.41) is 4.22. The number of benzene rings is 1. The van der Waals surface area contributed by atoms with Gasteiger partial charge in [0.1, 0.15) is 21.4 Å². The van der Waals surface area contributed by atoms with Crippen molar-refractivity contribution in [2.24, 2.45) is 20.2 Å². The van der Waals surface area contributed by atoms with Crippen molar-refractivity contribution in [2.75, 3.05) is 20.1 Å². The lowest BCUT2D eigenvalue weighted by Crippen LogP contribution is -2.54. The Labute approximate surface area is 279 Å². The van der Waals surface area contributed by atoms with E-state index in [1.165, 1.54) is 31.6 Å². The Bertz CT molecular complexity index is 1950. The number of pyridine rings is 1. The molecule has 3 heterocycles. The summed E-state index contributed by atoms with van der Waals surface area (Å²) in [6, 6.07) is 7.37. The zero-order valence-corrected chi connectivity index (χ0v) is 29.5. The van der Waals surface area contributed by atoms with Crippen LogP contribution >= 0.6 is 0 Å². The van der Waals surface area contributed by atoms with Gasteiger partial charge in [0.25, 0.3) is 0 Å². The van der Waals surface area contributed by atoms with E-state index in [1.807, 2.05) is 39.9 Å². The number of piperidine rings is 1. The number of carbonyl (C=O) groups excluding carboxylic acids is 1. The van der Waals surface area contributed by atoms with E-state index in [0.29, 0.717) is 22.5 Å². The third-order valence-corrected chi connectivity index (χ3v) is 17.8. The van der Waals surface area contributed by atoms with Gasteiger partial charge in [0.2, 0.25) is 0 Å². The van der Waals surface area contributed by atoms with E-state index in [1.54, 1.807) is 27.3 Å². The lowest BCUT2D eigenvalue weighted by molar-refractivity contribution is -0.137. The highest BCUT2D eigenvalue weighted by molar-refractivity contribution is 7.96. The Kier molecular flexibility index (Phi) is 9.20. The summed E-state index contributed by atoms with van der Waals surface area (Å²) in [7, 11) is -4.59. The fourth-order valence-electron chi connectivity index (χ4n) is 5.82. The van der Waals surface area contributed by atoms with Crippen LogP contribution in [0.3, 0.4) is 0 Å². The molecule has 15 heteroatoms. The average Bonchev–Trinajstić information content (AvgIpc) is 3.43. The Morgan fingerprint density at radius 3 is 2.44 bits per heavy atom. The molecule has 2 atom stereocenters. The maximum Gasteiger partial charge on any atom is 0.416 e. The lowest BCUT2D eigenvalue weighted by Gasteiger charge is -2.46. The van der Waals surface area contributed by atoms with Gasteiger partial charge in [-0.1, -0.05) is 26.3 Å². The molecular weight excluding hydrogens is 663 g/mol. The molecule has 1 saturated heterocycles. The molecule has 0 amide bonds. The van der Waals surface area contributed by atoms with E-state index in [4.69, 9.17) is 9.76 Å². The molecule has 256 valence electrons. The minimum atomic E-state index is -4.69. The van der Waals surface area contributed by atoms with Gasteiger partial charge in [0, 0.05) is 38.7 Å². The molecule has 2 aromatic heterocycles. The van der Waals surface area contributed by atoms with Crippen molar-refractivity contribution in [3.05, 3.63) is 93.8 Å².